The molecular formula is C17H24ClN3O5S. The molecule has 2 N–H and O–H groups in total. The van der Waals surface area contributed by atoms with Gasteiger partial charge in [0.05, 0.1) is 24.3 Å². The summed E-state index contributed by atoms with van der Waals surface area (Å²) in [4.78, 5) is 24.6. The number of sulfonamides is 1. The molecule has 0 aromatic heterocycles. The second-order valence-corrected chi connectivity index (χ2v) is 8.83. The van der Waals surface area contributed by atoms with Crippen molar-refractivity contribution >= 4 is 33.4 Å². The second kappa shape index (κ2) is 9.38. The van der Waals surface area contributed by atoms with Gasteiger partial charge in [0, 0.05) is 18.1 Å². The number of carbonyl (C=O) groups excluding carboxylic acids is 2. The van der Waals surface area contributed by atoms with Crippen LogP contribution in [0.4, 0.5) is 0 Å². The monoisotopic (exact) mass is 417 g/mol. The Labute approximate surface area is 164 Å². The first-order chi connectivity index (χ1) is 12.8. The SMILES string of the molecule is CCCS(=O)(=O)N1CCCC(C(=O)NNC(=O)c2ccc(Cl)cc2OC)C1. The highest BCUT2D eigenvalue weighted by Gasteiger charge is 2.32. The van der Waals surface area contributed by atoms with Crippen molar-refractivity contribution < 1.29 is 22.7 Å². The molecule has 1 aliphatic heterocycles. The lowest BCUT2D eigenvalue weighted by Crippen LogP contribution is -2.50. The van der Waals surface area contributed by atoms with Crippen LogP contribution < -0.4 is 15.6 Å². The number of piperidine rings is 1. The number of hydrogen-bond acceptors (Lipinski definition) is 5. The van der Waals surface area contributed by atoms with Crippen LogP contribution in [-0.2, 0) is 14.8 Å². The van der Waals surface area contributed by atoms with E-state index in [9.17, 15) is 18.0 Å². The average molecular weight is 418 g/mol. The topological polar surface area (TPSA) is 105 Å². The number of hydrogen-bond donors (Lipinski definition) is 2. The number of amides is 2. The predicted molar refractivity (Wildman–Crippen MR) is 102 cm³/mol. The van der Waals surface area contributed by atoms with Gasteiger partial charge in [0.2, 0.25) is 15.9 Å². The van der Waals surface area contributed by atoms with Gasteiger partial charge < -0.3 is 4.74 Å². The zero-order valence-electron chi connectivity index (χ0n) is 15.3. The molecule has 0 radical (unpaired) electrons. The molecule has 1 aromatic rings. The van der Waals surface area contributed by atoms with Gasteiger partial charge in [-0.25, -0.2) is 12.7 Å². The molecule has 0 saturated carbocycles. The summed E-state index contributed by atoms with van der Waals surface area (Å²) >= 11 is 5.87. The molecular weight excluding hydrogens is 394 g/mol. The Morgan fingerprint density at radius 2 is 2.07 bits per heavy atom. The van der Waals surface area contributed by atoms with Crippen LogP contribution in [0, 0.1) is 5.92 Å². The van der Waals surface area contributed by atoms with E-state index >= 15 is 0 Å². The van der Waals surface area contributed by atoms with Gasteiger partial charge in [0.15, 0.2) is 0 Å². The molecule has 0 aliphatic carbocycles. The Balaban J connectivity index is 1.96. The minimum atomic E-state index is -3.35. The van der Waals surface area contributed by atoms with E-state index in [0.29, 0.717) is 30.8 Å². The number of nitrogens with one attached hydrogen (secondary N) is 2. The maximum absolute atomic E-state index is 12.4. The summed E-state index contributed by atoms with van der Waals surface area (Å²) in [5, 5.41) is 0.419. The van der Waals surface area contributed by atoms with Crippen LogP contribution in [-0.4, -0.2) is 50.5 Å². The van der Waals surface area contributed by atoms with Crippen molar-refractivity contribution in [3.8, 4) is 5.75 Å². The third-order valence-corrected chi connectivity index (χ3v) is 6.60. The zero-order chi connectivity index (χ0) is 20.0. The molecule has 8 nitrogen and oxygen atoms in total. The first-order valence-electron chi connectivity index (χ1n) is 8.70. The molecule has 1 unspecified atom stereocenters. The van der Waals surface area contributed by atoms with Crippen LogP contribution in [0.5, 0.6) is 5.75 Å². The molecule has 2 amide bonds. The van der Waals surface area contributed by atoms with Crippen LogP contribution in [0.3, 0.4) is 0 Å². The van der Waals surface area contributed by atoms with Crippen LogP contribution in [0.25, 0.3) is 0 Å². The van der Waals surface area contributed by atoms with Gasteiger partial charge in [0.25, 0.3) is 5.91 Å². The highest BCUT2D eigenvalue weighted by Crippen LogP contribution is 2.23. The summed E-state index contributed by atoms with van der Waals surface area (Å²) in [5.41, 5.74) is 4.93. The Kier molecular flexibility index (Phi) is 7.46. The van der Waals surface area contributed by atoms with Crippen molar-refractivity contribution in [1.82, 2.24) is 15.2 Å². The molecule has 2 rings (SSSR count). The number of rotatable bonds is 6. The van der Waals surface area contributed by atoms with Crippen molar-refractivity contribution in [2.45, 2.75) is 26.2 Å². The van der Waals surface area contributed by atoms with E-state index in [0.717, 1.165) is 0 Å². The Morgan fingerprint density at radius 1 is 1.33 bits per heavy atom. The van der Waals surface area contributed by atoms with Gasteiger partial charge >= 0.3 is 0 Å². The molecule has 0 bridgehead atoms. The van der Waals surface area contributed by atoms with Crippen molar-refractivity contribution in [2.75, 3.05) is 26.0 Å². The fraction of sp³-hybridized carbons (Fsp3) is 0.529. The molecule has 0 spiro atoms. The molecule has 27 heavy (non-hydrogen) atoms. The van der Waals surface area contributed by atoms with Crippen molar-refractivity contribution in [1.29, 1.82) is 0 Å². The predicted octanol–water partition coefficient (Wildman–Crippen LogP) is 1.56. The maximum atomic E-state index is 12.4. The van der Waals surface area contributed by atoms with Gasteiger partial charge in [-0.3, -0.25) is 20.4 Å². The number of ether oxygens (including phenoxy) is 1. The Hall–Kier alpha value is -1.84. The van der Waals surface area contributed by atoms with E-state index in [4.69, 9.17) is 16.3 Å². The van der Waals surface area contributed by atoms with E-state index in [1.165, 1.54) is 23.5 Å². The fourth-order valence-electron chi connectivity index (χ4n) is 2.94. The standard InChI is InChI=1S/C17H24ClN3O5S/c1-3-9-27(24,25)21-8-4-5-12(11-21)16(22)19-20-17(23)14-7-6-13(18)10-15(14)26-2/h6-7,10,12H,3-5,8-9,11H2,1-2H3,(H,19,22)(H,20,23). The van der Waals surface area contributed by atoms with Gasteiger partial charge in [-0.2, -0.15) is 0 Å². The van der Waals surface area contributed by atoms with Gasteiger partial charge in [0.1, 0.15) is 5.75 Å². The number of benzene rings is 1. The van der Waals surface area contributed by atoms with E-state index in [1.54, 1.807) is 13.0 Å². The van der Waals surface area contributed by atoms with E-state index in [2.05, 4.69) is 10.9 Å². The summed E-state index contributed by atoms with van der Waals surface area (Å²) in [6.45, 7) is 2.33. The third-order valence-electron chi connectivity index (χ3n) is 4.32. The first-order valence-corrected chi connectivity index (χ1v) is 10.7. The largest absolute Gasteiger partial charge is 0.496 e. The second-order valence-electron chi connectivity index (χ2n) is 6.30. The van der Waals surface area contributed by atoms with Crippen LogP contribution in [0.2, 0.25) is 5.02 Å². The van der Waals surface area contributed by atoms with Crippen molar-refractivity contribution in [3.05, 3.63) is 28.8 Å². The number of methoxy groups -OCH3 is 1. The molecule has 1 saturated heterocycles. The van der Waals surface area contributed by atoms with Gasteiger partial charge in [-0.1, -0.05) is 18.5 Å². The highest BCUT2D eigenvalue weighted by molar-refractivity contribution is 7.89. The fourth-order valence-corrected chi connectivity index (χ4v) is 4.69. The lowest BCUT2D eigenvalue weighted by atomic mass is 9.99. The smallest absolute Gasteiger partial charge is 0.273 e. The van der Waals surface area contributed by atoms with Gasteiger partial charge in [-0.15, -0.1) is 0 Å². The molecule has 10 heteroatoms. The number of nitrogens with zero attached hydrogens (tertiary/aromatic N) is 1. The Bertz CT molecular complexity index is 800. The number of carbonyl (C=O) groups is 2. The lowest BCUT2D eigenvalue weighted by molar-refractivity contribution is -0.126. The number of halogens is 1. The van der Waals surface area contributed by atoms with Gasteiger partial charge in [-0.05, 0) is 37.5 Å². The minimum absolute atomic E-state index is 0.0639. The molecule has 1 aliphatic rings. The minimum Gasteiger partial charge on any atom is -0.496 e. The number of hydrazine groups is 1. The summed E-state index contributed by atoms with van der Waals surface area (Å²) in [6, 6.07) is 4.52. The summed E-state index contributed by atoms with van der Waals surface area (Å²) < 4.78 is 30.9. The molecule has 150 valence electrons. The van der Waals surface area contributed by atoms with Crippen LogP contribution in [0.1, 0.15) is 36.5 Å². The quantitative estimate of drug-likeness (QED) is 0.683. The van der Waals surface area contributed by atoms with Crippen LogP contribution in [0.15, 0.2) is 18.2 Å². The zero-order valence-corrected chi connectivity index (χ0v) is 16.9. The van der Waals surface area contributed by atoms with Crippen molar-refractivity contribution in [3.63, 3.8) is 0 Å². The van der Waals surface area contributed by atoms with Crippen LogP contribution >= 0.6 is 11.6 Å². The molecule has 1 atom stereocenters. The third kappa shape index (κ3) is 5.57. The molecule has 1 aromatic carbocycles. The van der Waals surface area contributed by atoms with E-state index < -0.39 is 27.8 Å². The summed E-state index contributed by atoms with van der Waals surface area (Å²) in [6.07, 6.45) is 1.68. The van der Waals surface area contributed by atoms with Crippen molar-refractivity contribution in [2.24, 2.45) is 5.92 Å². The molecule has 1 heterocycles. The lowest BCUT2D eigenvalue weighted by Gasteiger charge is -2.31. The first kappa shape index (κ1) is 21.5. The van der Waals surface area contributed by atoms with E-state index in [-0.39, 0.29) is 23.6 Å². The average Bonchev–Trinajstić information content (AvgIpc) is 2.65. The maximum Gasteiger partial charge on any atom is 0.273 e. The molecule has 1 fully saturated rings. The highest BCUT2D eigenvalue weighted by atomic mass is 35.5. The normalized spacial score (nSPS) is 18.0. The summed E-state index contributed by atoms with van der Waals surface area (Å²) in [7, 11) is -1.94. The van der Waals surface area contributed by atoms with E-state index in [1.807, 2.05) is 0 Å². The summed E-state index contributed by atoms with van der Waals surface area (Å²) in [5.74, 6) is -1.15. The Morgan fingerprint density at radius 3 is 2.74 bits per heavy atom.